The van der Waals surface area contributed by atoms with Gasteiger partial charge in [0.25, 0.3) is 0 Å². The van der Waals surface area contributed by atoms with Crippen LogP contribution in [0.1, 0.15) is 25.5 Å². The quantitative estimate of drug-likeness (QED) is 0.243. The Bertz CT molecular complexity index is 841. The summed E-state index contributed by atoms with van der Waals surface area (Å²) < 4.78 is 28.6. The first kappa shape index (κ1) is 24.2. The molecule has 8 heteroatoms. The second kappa shape index (κ2) is 11.9. The fraction of sp³-hybridized carbons (Fsp3) is 0.350. The molecule has 0 aromatic heterocycles. The van der Waals surface area contributed by atoms with E-state index in [4.69, 9.17) is 4.74 Å². The first-order chi connectivity index (χ1) is 12.9. The molecule has 0 saturated heterocycles. The van der Waals surface area contributed by atoms with E-state index in [1.165, 1.54) is 11.8 Å². The van der Waals surface area contributed by atoms with Crippen LogP contribution < -0.4 is 15.4 Å². The lowest BCUT2D eigenvalue weighted by molar-refractivity contribution is 0.328. The van der Waals surface area contributed by atoms with Crippen LogP contribution in [0.4, 0.5) is 0 Å². The fourth-order valence-corrected chi connectivity index (χ4v) is 3.08. The third-order valence-corrected chi connectivity index (χ3v) is 5.01. The van der Waals surface area contributed by atoms with Crippen molar-refractivity contribution in [1.29, 1.82) is 0 Å². The standard InChI is InChI=1S/C20H27N3O3S.HI/c1-4-21-20(23-16(2)17-8-6-5-7-9-17)22-14-15-26-18-10-12-19(13-11-18)27(3,24)25;/h5-13,16H,4,14-15H2,1-3H3,(H2,21,22,23);1H. The number of sulfone groups is 1. The largest absolute Gasteiger partial charge is 0.492 e. The maximum atomic E-state index is 11.5. The predicted octanol–water partition coefficient (Wildman–Crippen LogP) is 3.40. The lowest BCUT2D eigenvalue weighted by atomic mass is 10.1. The molecule has 0 saturated carbocycles. The number of halogens is 1. The molecule has 0 bridgehead atoms. The summed E-state index contributed by atoms with van der Waals surface area (Å²) in [6, 6.07) is 16.7. The Balaban J connectivity index is 0.00000392. The van der Waals surface area contributed by atoms with Gasteiger partial charge in [-0.3, -0.25) is 0 Å². The molecule has 154 valence electrons. The Morgan fingerprint density at radius 2 is 1.75 bits per heavy atom. The molecule has 2 rings (SSSR count). The van der Waals surface area contributed by atoms with Gasteiger partial charge in [-0.15, -0.1) is 24.0 Å². The third kappa shape index (κ3) is 8.05. The molecule has 0 heterocycles. The third-order valence-electron chi connectivity index (χ3n) is 3.88. The average Bonchev–Trinajstić information content (AvgIpc) is 2.65. The molecule has 0 fully saturated rings. The van der Waals surface area contributed by atoms with E-state index in [1.54, 1.807) is 24.3 Å². The number of aliphatic imine (C=N–C) groups is 1. The van der Waals surface area contributed by atoms with E-state index < -0.39 is 9.84 Å². The van der Waals surface area contributed by atoms with E-state index in [0.717, 1.165) is 12.5 Å². The summed E-state index contributed by atoms with van der Waals surface area (Å²) in [7, 11) is -3.19. The Kier molecular flexibility index (Phi) is 10.3. The molecule has 0 aliphatic carbocycles. The number of ether oxygens (including phenoxy) is 1. The number of hydrogen-bond donors (Lipinski definition) is 2. The van der Waals surface area contributed by atoms with E-state index in [2.05, 4.69) is 34.7 Å². The Morgan fingerprint density at radius 1 is 1.11 bits per heavy atom. The average molecular weight is 517 g/mol. The fourth-order valence-electron chi connectivity index (χ4n) is 2.45. The molecule has 1 atom stereocenters. The molecular formula is C20H28IN3O3S. The first-order valence-corrected chi connectivity index (χ1v) is 10.8. The molecular weight excluding hydrogens is 489 g/mol. The topological polar surface area (TPSA) is 79.8 Å². The van der Waals surface area contributed by atoms with Gasteiger partial charge in [-0.05, 0) is 43.7 Å². The lowest BCUT2D eigenvalue weighted by Crippen LogP contribution is -2.39. The van der Waals surface area contributed by atoms with Gasteiger partial charge in [0.1, 0.15) is 12.4 Å². The van der Waals surface area contributed by atoms with Gasteiger partial charge in [0.05, 0.1) is 17.5 Å². The van der Waals surface area contributed by atoms with E-state index in [1.807, 2.05) is 25.1 Å². The van der Waals surface area contributed by atoms with Crippen LogP contribution in [-0.4, -0.2) is 40.3 Å². The summed E-state index contributed by atoms with van der Waals surface area (Å²) in [6.07, 6.45) is 1.18. The number of nitrogens with zero attached hydrogens (tertiary/aromatic N) is 1. The molecule has 0 radical (unpaired) electrons. The van der Waals surface area contributed by atoms with Crippen molar-refractivity contribution in [2.75, 3.05) is 26.0 Å². The number of benzene rings is 2. The minimum atomic E-state index is -3.19. The van der Waals surface area contributed by atoms with E-state index in [9.17, 15) is 8.42 Å². The highest BCUT2D eigenvalue weighted by Gasteiger charge is 2.08. The van der Waals surface area contributed by atoms with Crippen LogP contribution in [0.25, 0.3) is 0 Å². The molecule has 0 spiro atoms. The van der Waals surface area contributed by atoms with Gasteiger partial charge in [-0.25, -0.2) is 13.4 Å². The van der Waals surface area contributed by atoms with E-state index in [0.29, 0.717) is 18.9 Å². The van der Waals surface area contributed by atoms with Crippen LogP contribution in [0, 0.1) is 0 Å². The molecule has 28 heavy (non-hydrogen) atoms. The van der Waals surface area contributed by atoms with Crippen molar-refractivity contribution < 1.29 is 13.2 Å². The SMILES string of the molecule is CCNC(=NCCOc1ccc(S(C)(=O)=O)cc1)NC(C)c1ccccc1.I. The van der Waals surface area contributed by atoms with Gasteiger partial charge in [0, 0.05) is 12.8 Å². The van der Waals surface area contributed by atoms with Crippen LogP contribution >= 0.6 is 24.0 Å². The molecule has 2 aromatic carbocycles. The number of rotatable bonds is 8. The van der Waals surface area contributed by atoms with Crippen molar-refractivity contribution in [2.24, 2.45) is 4.99 Å². The number of hydrogen-bond acceptors (Lipinski definition) is 4. The Morgan fingerprint density at radius 3 is 2.32 bits per heavy atom. The van der Waals surface area contributed by atoms with E-state index in [-0.39, 0.29) is 34.9 Å². The lowest BCUT2D eigenvalue weighted by Gasteiger charge is -2.18. The minimum Gasteiger partial charge on any atom is -0.492 e. The molecule has 1 unspecified atom stereocenters. The Labute approximate surface area is 184 Å². The van der Waals surface area contributed by atoms with Crippen molar-refractivity contribution in [3.05, 3.63) is 60.2 Å². The molecule has 0 aliphatic heterocycles. The molecule has 0 aliphatic rings. The molecule has 2 N–H and O–H groups in total. The zero-order valence-corrected chi connectivity index (χ0v) is 19.5. The van der Waals surface area contributed by atoms with Gasteiger partial charge in [0.15, 0.2) is 15.8 Å². The molecule has 2 aromatic rings. The second-order valence-corrected chi connectivity index (χ2v) is 8.15. The monoisotopic (exact) mass is 517 g/mol. The van der Waals surface area contributed by atoms with Crippen molar-refractivity contribution >= 4 is 39.8 Å². The smallest absolute Gasteiger partial charge is 0.191 e. The summed E-state index contributed by atoms with van der Waals surface area (Å²) >= 11 is 0. The van der Waals surface area contributed by atoms with Crippen molar-refractivity contribution in [3.8, 4) is 5.75 Å². The zero-order chi connectivity index (χ0) is 19.7. The first-order valence-electron chi connectivity index (χ1n) is 8.93. The van der Waals surface area contributed by atoms with Crippen molar-refractivity contribution in [3.63, 3.8) is 0 Å². The molecule has 0 amide bonds. The maximum Gasteiger partial charge on any atom is 0.191 e. The molecule has 6 nitrogen and oxygen atoms in total. The highest BCUT2D eigenvalue weighted by Crippen LogP contribution is 2.15. The zero-order valence-electron chi connectivity index (χ0n) is 16.4. The highest BCUT2D eigenvalue weighted by atomic mass is 127. The Hall–Kier alpha value is -1.81. The summed E-state index contributed by atoms with van der Waals surface area (Å²) in [5.41, 5.74) is 1.19. The predicted molar refractivity (Wildman–Crippen MR) is 124 cm³/mol. The van der Waals surface area contributed by atoms with Crippen molar-refractivity contribution in [1.82, 2.24) is 10.6 Å². The van der Waals surface area contributed by atoms with Crippen molar-refractivity contribution in [2.45, 2.75) is 24.8 Å². The van der Waals surface area contributed by atoms with Crippen LogP contribution in [0.5, 0.6) is 5.75 Å². The van der Waals surface area contributed by atoms with Crippen LogP contribution in [0.15, 0.2) is 64.5 Å². The van der Waals surface area contributed by atoms with Crippen LogP contribution in [0.3, 0.4) is 0 Å². The van der Waals surface area contributed by atoms with Crippen LogP contribution in [0.2, 0.25) is 0 Å². The van der Waals surface area contributed by atoms with Crippen LogP contribution in [-0.2, 0) is 9.84 Å². The van der Waals surface area contributed by atoms with Gasteiger partial charge in [-0.1, -0.05) is 30.3 Å². The van der Waals surface area contributed by atoms with Gasteiger partial charge >= 0.3 is 0 Å². The van der Waals surface area contributed by atoms with Gasteiger partial charge < -0.3 is 15.4 Å². The highest BCUT2D eigenvalue weighted by molar-refractivity contribution is 14.0. The van der Waals surface area contributed by atoms with E-state index >= 15 is 0 Å². The minimum absolute atomic E-state index is 0. The summed E-state index contributed by atoms with van der Waals surface area (Å²) in [5.74, 6) is 1.35. The summed E-state index contributed by atoms with van der Waals surface area (Å²) in [6.45, 7) is 5.74. The summed E-state index contributed by atoms with van der Waals surface area (Å²) in [4.78, 5) is 4.80. The summed E-state index contributed by atoms with van der Waals surface area (Å²) in [5, 5.41) is 6.60. The maximum absolute atomic E-state index is 11.5. The number of guanidine groups is 1. The normalized spacial score (nSPS) is 12.6. The second-order valence-electron chi connectivity index (χ2n) is 6.13. The number of nitrogens with one attached hydrogen (secondary N) is 2. The van der Waals surface area contributed by atoms with Gasteiger partial charge in [0.2, 0.25) is 0 Å². The van der Waals surface area contributed by atoms with Gasteiger partial charge in [-0.2, -0.15) is 0 Å².